The molecule has 1 saturated heterocycles. The number of anilines is 2. The largest absolute Gasteiger partial charge is 0.433 e. The third-order valence-electron chi connectivity index (χ3n) is 4.72. The second-order valence-corrected chi connectivity index (χ2v) is 6.95. The fourth-order valence-corrected chi connectivity index (χ4v) is 3.14. The van der Waals surface area contributed by atoms with Crippen LogP contribution in [0.4, 0.5) is 24.9 Å². The van der Waals surface area contributed by atoms with Gasteiger partial charge in [-0.05, 0) is 24.1 Å². The van der Waals surface area contributed by atoms with Crippen molar-refractivity contribution in [2.24, 2.45) is 0 Å². The third kappa shape index (κ3) is 4.65. The van der Waals surface area contributed by atoms with Crippen molar-refractivity contribution in [1.82, 2.24) is 19.9 Å². The van der Waals surface area contributed by atoms with Gasteiger partial charge in [-0.15, -0.1) is 0 Å². The maximum absolute atomic E-state index is 12.6. The smallest absolute Gasteiger partial charge is 0.363 e. The monoisotopic (exact) mass is 380 g/mol. The second-order valence-electron chi connectivity index (χ2n) is 6.95. The van der Waals surface area contributed by atoms with Crippen molar-refractivity contribution in [2.45, 2.75) is 25.2 Å². The number of rotatable bonds is 5. The quantitative estimate of drug-likeness (QED) is 0.795. The summed E-state index contributed by atoms with van der Waals surface area (Å²) < 4.78 is 37.8. The Morgan fingerprint density at radius 3 is 2.56 bits per heavy atom. The Morgan fingerprint density at radius 1 is 1.15 bits per heavy atom. The van der Waals surface area contributed by atoms with E-state index in [9.17, 15) is 13.2 Å². The van der Waals surface area contributed by atoms with Crippen LogP contribution in [-0.2, 0) is 12.7 Å². The summed E-state index contributed by atoms with van der Waals surface area (Å²) in [5.41, 5.74) is -0.0830. The molecule has 1 unspecified atom stereocenters. The molecule has 6 nitrogen and oxygen atoms in total. The topological polar surface area (TPSA) is 48.4 Å². The molecule has 1 fully saturated rings. The highest BCUT2D eigenvalue weighted by Gasteiger charge is 2.32. The molecule has 0 saturated carbocycles. The van der Waals surface area contributed by atoms with Gasteiger partial charge in [0.2, 0.25) is 5.95 Å². The van der Waals surface area contributed by atoms with Gasteiger partial charge in [0.1, 0.15) is 11.5 Å². The number of hydrogen-bond acceptors (Lipinski definition) is 6. The van der Waals surface area contributed by atoms with Crippen LogP contribution in [0, 0.1) is 0 Å². The number of nitrogens with zero attached hydrogens (tertiary/aromatic N) is 6. The standard InChI is InChI=1S/C18H23F3N6/c1-25(2)16-6-8-22-17(24-16)26(3)14-7-9-27(12-14)11-13-4-5-15(23-10-13)18(19,20)21/h4-6,8,10,14H,7,9,11-12H2,1-3H3. The van der Waals surface area contributed by atoms with Crippen molar-refractivity contribution >= 4 is 11.8 Å². The predicted octanol–water partition coefficient (Wildman–Crippen LogP) is 2.67. The van der Waals surface area contributed by atoms with E-state index in [1.54, 1.807) is 6.20 Å². The molecule has 146 valence electrons. The molecule has 27 heavy (non-hydrogen) atoms. The number of alkyl halides is 3. The molecular formula is C18H23F3N6. The normalized spacial score (nSPS) is 17.9. The van der Waals surface area contributed by atoms with Crippen LogP contribution in [0.25, 0.3) is 0 Å². The summed E-state index contributed by atoms with van der Waals surface area (Å²) in [6, 6.07) is 4.65. The van der Waals surface area contributed by atoms with Crippen molar-refractivity contribution in [1.29, 1.82) is 0 Å². The lowest BCUT2D eigenvalue weighted by atomic mass is 10.2. The summed E-state index contributed by atoms with van der Waals surface area (Å²) in [7, 11) is 5.84. The summed E-state index contributed by atoms with van der Waals surface area (Å²) in [6.45, 7) is 2.24. The Labute approximate surface area is 156 Å². The van der Waals surface area contributed by atoms with E-state index in [-0.39, 0.29) is 6.04 Å². The van der Waals surface area contributed by atoms with Crippen LogP contribution in [0.1, 0.15) is 17.7 Å². The minimum atomic E-state index is -4.40. The highest BCUT2D eigenvalue weighted by molar-refractivity contribution is 5.42. The molecule has 9 heteroatoms. The number of aromatic nitrogens is 3. The third-order valence-corrected chi connectivity index (χ3v) is 4.72. The molecule has 1 aliphatic heterocycles. The maximum atomic E-state index is 12.6. The van der Waals surface area contributed by atoms with Crippen molar-refractivity contribution in [3.63, 3.8) is 0 Å². The summed E-state index contributed by atoms with van der Waals surface area (Å²) >= 11 is 0. The fourth-order valence-electron chi connectivity index (χ4n) is 3.14. The van der Waals surface area contributed by atoms with Gasteiger partial charge in [0.25, 0.3) is 0 Å². The molecule has 1 atom stereocenters. The lowest BCUT2D eigenvalue weighted by Gasteiger charge is -2.25. The molecule has 1 aliphatic rings. The van der Waals surface area contributed by atoms with Gasteiger partial charge in [0.05, 0.1) is 0 Å². The molecule has 0 aliphatic carbocycles. The van der Waals surface area contributed by atoms with Gasteiger partial charge >= 0.3 is 6.18 Å². The number of likely N-dealkylation sites (N-methyl/N-ethyl adjacent to an activating group) is 1. The van der Waals surface area contributed by atoms with Crippen LogP contribution >= 0.6 is 0 Å². The van der Waals surface area contributed by atoms with Crippen LogP contribution in [0.3, 0.4) is 0 Å². The van der Waals surface area contributed by atoms with Crippen molar-refractivity contribution in [2.75, 3.05) is 44.0 Å². The van der Waals surface area contributed by atoms with E-state index in [4.69, 9.17) is 0 Å². The first-order valence-corrected chi connectivity index (χ1v) is 8.71. The minimum absolute atomic E-state index is 0.254. The zero-order chi connectivity index (χ0) is 19.6. The van der Waals surface area contributed by atoms with Crippen LogP contribution < -0.4 is 9.80 Å². The Bertz CT molecular complexity index is 762. The van der Waals surface area contributed by atoms with Gasteiger partial charge in [0, 0.05) is 59.2 Å². The van der Waals surface area contributed by atoms with Crippen molar-refractivity contribution < 1.29 is 13.2 Å². The zero-order valence-electron chi connectivity index (χ0n) is 15.6. The molecule has 0 radical (unpaired) electrons. The van der Waals surface area contributed by atoms with Crippen LogP contribution in [0.5, 0.6) is 0 Å². The average molecular weight is 380 g/mol. The van der Waals surface area contributed by atoms with E-state index in [0.29, 0.717) is 12.5 Å². The van der Waals surface area contributed by atoms with Gasteiger partial charge in [-0.1, -0.05) is 6.07 Å². The van der Waals surface area contributed by atoms with Crippen LogP contribution in [0.15, 0.2) is 30.6 Å². The molecule has 3 heterocycles. The van der Waals surface area contributed by atoms with Gasteiger partial charge in [-0.3, -0.25) is 9.88 Å². The predicted molar refractivity (Wildman–Crippen MR) is 97.7 cm³/mol. The summed E-state index contributed by atoms with van der Waals surface area (Å²) in [4.78, 5) is 18.7. The molecule has 0 amide bonds. The first-order chi connectivity index (χ1) is 12.7. The molecule has 0 bridgehead atoms. The van der Waals surface area contributed by atoms with Crippen molar-refractivity contribution in [3.05, 3.63) is 41.9 Å². The second kappa shape index (κ2) is 7.67. The first-order valence-electron chi connectivity index (χ1n) is 8.71. The van der Waals surface area contributed by atoms with Gasteiger partial charge in [0.15, 0.2) is 0 Å². The minimum Gasteiger partial charge on any atom is -0.363 e. The number of halogens is 3. The van der Waals surface area contributed by atoms with E-state index in [2.05, 4.69) is 24.8 Å². The van der Waals surface area contributed by atoms with Crippen molar-refractivity contribution in [3.8, 4) is 0 Å². The molecule has 2 aromatic rings. The number of hydrogen-bond donors (Lipinski definition) is 0. The van der Waals surface area contributed by atoms with Gasteiger partial charge in [-0.25, -0.2) is 4.98 Å². The zero-order valence-corrected chi connectivity index (χ0v) is 15.6. The van der Waals surface area contributed by atoms with Gasteiger partial charge in [-0.2, -0.15) is 18.2 Å². The Hall–Kier alpha value is -2.42. The maximum Gasteiger partial charge on any atom is 0.433 e. The summed E-state index contributed by atoms with van der Waals surface area (Å²) in [5, 5.41) is 0. The molecule has 0 spiro atoms. The first kappa shape index (κ1) is 19.3. The molecule has 3 rings (SSSR count). The van der Waals surface area contributed by atoms with E-state index in [1.165, 1.54) is 12.3 Å². The molecule has 0 N–H and O–H groups in total. The Balaban J connectivity index is 1.60. The van der Waals surface area contributed by atoms with Gasteiger partial charge < -0.3 is 9.80 Å². The number of pyridine rings is 1. The van der Waals surface area contributed by atoms with Crippen LogP contribution in [-0.4, -0.2) is 60.1 Å². The fraction of sp³-hybridized carbons (Fsp3) is 0.500. The highest BCUT2D eigenvalue weighted by atomic mass is 19.4. The van der Waals surface area contributed by atoms with Crippen LogP contribution in [0.2, 0.25) is 0 Å². The Morgan fingerprint density at radius 2 is 1.93 bits per heavy atom. The molecule has 0 aromatic carbocycles. The number of likely N-dealkylation sites (tertiary alicyclic amines) is 1. The lowest BCUT2D eigenvalue weighted by Crippen LogP contribution is -2.35. The summed E-state index contributed by atoms with van der Waals surface area (Å²) in [5.74, 6) is 1.52. The average Bonchev–Trinajstić information content (AvgIpc) is 3.09. The van der Waals surface area contributed by atoms with E-state index >= 15 is 0 Å². The Kier molecular flexibility index (Phi) is 5.50. The molecular weight excluding hydrogens is 357 g/mol. The van der Waals surface area contributed by atoms with E-state index in [1.807, 2.05) is 32.1 Å². The highest BCUT2D eigenvalue weighted by Crippen LogP contribution is 2.27. The lowest BCUT2D eigenvalue weighted by molar-refractivity contribution is -0.141. The van der Waals surface area contributed by atoms with E-state index in [0.717, 1.165) is 37.0 Å². The van der Waals surface area contributed by atoms with E-state index < -0.39 is 11.9 Å². The SMILES string of the molecule is CN(C)c1ccnc(N(C)C2CCN(Cc3ccc(C(F)(F)F)nc3)C2)n1. The summed E-state index contributed by atoms with van der Waals surface area (Å²) in [6.07, 6.45) is -0.403. The molecule has 2 aromatic heterocycles.